The predicted molar refractivity (Wildman–Crippen MR) is 102 cm³/mol. The molecule has 7 heteroatoms. The summed E-state index contributed by atoms with van der Waals surface area (Å²) in [7, 11) is 0. The van der Waals surface area contributed by atoms with Crippen LogP contribution in [0, 0.1) is 11.3 Å². The Bertz CT molecular complexity index is 805. The summed E-state index contributed by atoms with van der Waals surface area (Å²) < 4.78 is 5.39. The molecule has 0 unspecified atom stereocenters. The zero-order valence-electron chi connectivity index (χ0n) is 13.8. The van der Waals surface area contributed by atoms with Crippen LogP contribution in [0.15, 0.2) is 34.7 Å². The summed E-state index contributed by atoms with van der Waals surface area (Å²) in [6, 6.07) is 8.99. The number of hydrogen-bond acceptors (Lipinski definition) is 6. The van der Waals surface area contributed by atoms with Gasteiger partial charge in [0.1, 0.15) is 16.0 Å². The van der Waals surface area contributed by atoms with E-state index >= 15 is 0 Å². The summed E-state index contributed by atoms with van der Waals surface area (Å²) in [4.78, 5) is 26.0. The Balaban J connectivity index is 2.19. The van der Waals surface area contributed by atoms with Gasteiger partial charge in [-0.3, -0.25) is 9.69 Å². The first-order valence-corrected chi connectivity index (χ1v) is 8.87. The van der Waals surface area contributed by atoms with Gasteiger partial charge in [0, 0.05) is 6.54 Å². The molecule has 1 heterocycles. The van der Waals surface area contributed by atoms with Crippen molar-refractivity contribution in [2.75, 3.05) is 13.2 Å². The Hall–Kier alpha value is -2.43. The fourth-order valence-electron chi connectivity index (χ4n) is 2.12. The maximum atomic E-state index is 12.2. The summed E-state index contributed by atoms with van der Waals surface area (Å²) in [5.74, 6) is -0.729. The number of likely N-dealkylation sites (N-methyl/N-ethyl adjacent to an activating group) is 1. The van der Waals surface area contributed by atoms with E-state index in [-0.39, 0.29) is 18.1 Å². The second-order valence-corrected chi connectivity index (χ2v) is 6.66. The van der Waals surface area contributed by atoms with E-state index in [1.54, 1.807) is 30.0 Å². The molecule has 1 aliphatic rings. The number of esters is 1. The highest BCUT2D eigenvalue weighted by molar-refractivity contribution is 8.26. The number of nitrogens with zero attached hydrogens (tertiary/aromatic N) is 2. The van der Waals surface area contributed by atoms with Crippen LogP contribution >= 0.6 is 24.0 Å². The van der Waals surface area contributed by atoms with E-state index < -0.39 is 5.97 Å². The Morgan fingerprint density at radius 2 is 1.96 bits per heavy atom. The van der Waals surface area contributed by atoms with Gasteiger partial charge >= 0.3 is 5.97 Å². The monoisotopic (exact) mass is 372 g/mol. The number of nitriles is 1. The van der Waals surface area contributed by atoms with Gasteiger partial charge in [0.25, 0.3) is 5.91 Å². The summed E-state index contributed by atoms with van der Waals surface area (Å²) in [5, 5.41) is 9.05. The van der Waals surface area contributed by atoms with Crippen molar-refractivity contribution in [1.82, 2.24) is 4.90 Å². The van der Waals surface area contributed by atoms with Crippen LogP contribution in [0.5, 0.6) is 0 Å². The van der Waals surface area contributed by atoms with Crippen LogP contribution in [0.25, 0.3) is 12.2 Å². The van der Waals surface area contributed by atoms with Gasteiger partial charge < -0.3 is 4.74 Å². The normalized spacial score (nSPS) is 16.3. The van der Waals surface area contributed by atoms with Gasteiger partial charge in [0.15, 0.2) is 0 Å². The topological polar surface area (TPSA) is 70.4 Å². The van der Waals surface area contributed by atoms with Crippen molar-refractivity contribution in [3.8, 4) is 6.07 Å². The van der Waals surface area contributed by atoms with Crippen LogP contribution in [0.4, 0.5) is 0 Å². The number of benzene rings is 1. The maximum absolute atomic E-state index is 12.2. The third kappa shape index (κ3) is 4.56. The number of thiocarbonyl (C=S) groups is 1. The molecule has 1 aliphatic heterocycles. The second-order valence-electron chi connectivity index (χ2n) is 4.98. The van der Waals surface area contributed by atoms with Crippen LogP contribution in [0.3, 0.4) is 0 Å². The molecular weight excluding hydrogens is 356 g/mol. The molecular formula is C18H16N2O3S2. The largest absolute Gasteiger partial charge is 0.462 e. The minimum absolute atomic E-state index is 0.0570. The van der Waals surface area contributed by atoms with Crippen LogP contribution < -0.4 is 0 Å². The molecule has 0 saturated carbocycles. The minimum atomic E-state index is -0.641. The Kier molecular flexibility index (Phi) is 6.51. The van der Waals surface area contributed by atoms with E-state index in [2.05, 4.69) is 0 Å². The first-order valence-electron chi connectivity index (χ1n) is 7.64. The molecule has 0 N–H and O–H groups in total. The molecule has 5 nitrogen and oxygen atoms in total. The molecule has 128 valence electrons. The summed E-state index contributed by atoms with van der Waals surface area (Å²) >= 11 is 6.46. The highest BCUT2D eigenvalue weighted by atomic mass is 32.2. The summed E-state index contributed by atoms with van der Waals surface area (Å²) in [5.41, 5.74) is 1.48. The molecule has 0 atom stereocenters. The zero-order valence-corrected chi connectivity index (χ0v) is 15.4. The van der Waals surface area contributed by atoms with Crippen molar-refractivity contribution in [2.45, 2.75) is 13.8 Å². The Morgan fingerprint density at radius 1 is 1.32 bits per heavy atom. The van der Waals surface area contributed by atoms with Crippen molar-refractivity contribution >= 4 is 52.3 Å². The standard InChI is InChI=1S/C18H16N2O3S2/c1-3-20-16(21)15(25-18(20)24)10-13-7-5-12(6-8-13)9-14(11-19)17(22)23-4-2/h5-10H,3-4H2,1-2H3. The van der Waals surface area contributed by atoms with Gasteiger partial charge in [-0.1, -0.05) is 48.2 Å². The van der Waals surface area contributed by atoms with E-state index in [1.807, 2.05) is 25.1 Å². The van der Waals surface area contributed by atoms with E-state index in [0.717, 1.165) is 5.56 Å². The Morgan fingerprint density at radius 3 is 2.48 bits per heavy atom. The molecule has 1 fully saturated rings. The predicted octanol–water partition coefficient (Wildman–Crippen LogP) is 3.38. The van der Waals surface area contributed by atoms with Gasteiger partial charge in [-0.2, -0.15) is 5.26 Å². The first-order chi connectivity index (χ1) is 12.0. The molecule has 2 rings (SSSR count). The van der Waals surface area contributed by atoms with Gasteiger partial charge in [-0.25, -0.2) is 4.79 Å². The number of amides is 1. The number of rotatable bonds is 5. The lowest BCUT2D eigenvalue weighted by atomic mass is 10.1. The molecule has 1 saturated heterocycles. The molecule has 0 bridgehead atoms. The zero-order chi connectivity index (χ0) is 18.4. The van der Waals surface area contributed by atoms with Crippen molar-refractivity contribution in [1.29, 1.82) is 5.26 Å². The van der Waals surface area contributed by atoms with Crippen LogP contribution in [-0.2, 0) is 14.3 Å². The lowest BCUT2D eigenvalue weighted by Gasteiger charge is -2.09. The Labute approximate surface area is 155 Å². The quantitative estimate of drug-likeness (QED) is 0.342. The van der Waals surface area contributed by atoms with Gasteiger partial charge in [0.2, 0.25) is 0 Å². The number of carbonyl (C=O) groups excluding carboxylic acids is 2. The van der Waals surface area contributed by atoms with Crippen molar-refractivity contribution < 1.29 is 14.3 Å². The van der Waals surface area contributed by atoms with E-state index in [4.69, 9.17) is 22.2 Å². The van der Waals surface area contributed by atoms with Gasteiger partial charge in [-0.15, -0.1) is 0 Å². The average Bonchev–Trinajstić information content (AvgIpc) is 2.87. The van der Waals surface area contributed by atoms with Crippen LogP contribution in [0.1, 0.15) is 25.0 Å². The molecule has 1 aromatic rings. The summed E-state index contributed by atoms with van der Waals surface area (Å²) in [6.45, 7) is 4.33. The molecule has 0 radical (unpaired) electrons. The smallest absolute Gasteiger partial charge is 0.348 e. The highest BCUT2D eigenvalue weighted by Gasteiger charge is 2.30. The highest BCUT2D eigenvalue weighted by Crippen LogP contribution is 2.32. The lowest BCUT2D eigenvalue weighted by Crippen LogP contribution is -2.27. The average molecular weight is 372 g/mol. The van der Waals surface area contributed by atoms with Gasteiger partial charge in [-0.05, 0) is 37.1 Å². The maximum Gasteiger partial charge on any atom is 0.348 e. The molecule has 25 heavy (non-hydrogen) atoms. The van der Waals surface area contributed by atoms with Crippen molar-refractivity contribution in [3.63, 3.8) is 0 Å². The molecule has 0 spiro atoms. The number of thioether (sulfide) groups is 1. The van der Waals surface area contributed by atoms with Crippen molar-refractivity contribution in [3.05, 3.63) is 45.9 Å². The van der Waals surface area contributed by atoms with E-state index in [0.29, 0.717) is 21.3 Å². The molecule has 1 amide bonds. The first kappa shape index (κ1) is 18.9. The summed E-state index contributed by atoms with van der Waals surface area (Å²) in [6.07, 6.45) is 3.25. The molecule has 0 aliphatic carbocycles. The number of hydrogen-bond donors (Lipinski definition) is 0. The van der Waals surface area contributed by atoms with Crippen LogP contribution in [-0.4, -0.2) is 34.2 Å². The fraction of sp³-hybridized carbons (Fsp3) is 0.222. The lowest BCUT2D eigenvalue weighted by molar-refractivity contribution is -0.137. The minimum Gasteiger partial charge on any atom is -0.462 e. The van der Waals surface area contributed by atoms with E-state index in [9.17, 15) is 9.59 Å². The second kappa shape index (κ2) is 8.60. The van der Waals surface area contributed by atoms with Crippen LogP contribution in [0.2, 0.25) is 0 Å². The van der Waals surface area contributed by atoms with Gasteiger partial charge in [0.05, 0.1) is 11.5 Å². The van der Waals surface area contributed by atoms with E-state index in [1.165, 1.54) is 17.8 Å². The third-order valence-corrected chi connectivity index (χ3v) is 4.73. The van der Waals surface area contributed by atoms with Crippen molar-refractivity contribution in [2.24, 2.45) is 0 Å². The number of ether oxygens (including phenoxy) is 1. The SMILES string of the molecule is CCOC(=O)C(C#N)=Cc1ccc(C=C2SC(=S)N(CC)C2=O)cc1. The molecule has 1 aromatic carbocycles. The molecule has 0 aromatic heterocycles. The third-order valence-electron chi connectivity index (χ3n) is 3.35. The fourth-order valence-corrected chi connectivity index (χ4v) is 3.51. The number of carbonyl (C=O) groups is 2.